The number of aryl methyl sites for hydroxylation is 1. The van der Waals surface area contributed by atoms with Crippen molar-refractivity contribution >= 4 is 21.9 Å². The zero-order valence-electron chi connectivity index (χ0n) is 10.4. The minimum absolute atomic E-state index is 0.550. The Hall–Kier alpha value is -1.76. The van der Waals surface area contributed by atoms with E-state index in [9.17, 15) is 0 Å². The van der Waals surface area contributed by atoms with Crippen molar-refractivity contribution in [3.63, 3.8) is 0 Å². The number of hydrogen-bond acceptors (Lipinski definition) is 1. The third kappa shape index (κ3) is 1.54. The first-order chi connectivity index (χ1) is 8.16. The molecule has 0 saturated heterocycles. The molecule has 0 aliphatic rings. The SMILES string of the molecule is Cc1cccc2c1oc1ccc(C(C)C)cc12. The minimum Gasteiger partial charge on any atom is -0.456 e. The van der Waals surface area contributed by atoms with Crippen LogP contribution in [0.5, 0.6) is 0 Å². The van der Waals surface area contributed by atoms with Crippen molar-refractivity contribution in [2.75, 3.05) is 0 Å². The van der Waals surface area contributed by atoms with Crippen LogP contribution in [0.15, 0.2) is 40.8 Å². The number of para-hydroxylation sites is 1. The minimum atomic E-state index is 0.550. The lowest BCUT2D eigenvalue weighted by atomic mass is 10.0. The molecule has 1 nitrogen and oxygen atoms in total. The molecule has 0 fully saturated rings. The zero-order valence-corrected chi connectivity index (χ0v) is 10.4. The third-order valence-electron chi connectivity index (χ3n) is 3.38. The molecule has 0 aliphatic carbocycles. The highest BCUT2D eigenvalue weighted by Gasteiger charge is 2.09. The molecular weight excluding hydrogens is 208 g/mol. The fraction of sp³-hybridized carbons (Fsp3) is 0.250. The van der Waals surface area contributed by atoms with E-state index < -0.39 is 0 Å². The molecule has 17 heavy (non-hydrogen) atoms. The average Bonchev–Trinajstić information content (AvgIpc) is 2.68. The van der Waals surface area contributed by atoms with Crippen molar-refractivity contribution in [2.24, 2.45) is 0 Å². The first-order valence-corrected chi connectivity index (χ1v) is 6.08. The molecule has 0 spiro atoms. The van der Waals surface area contributed by atoms with Crippen LogP contribution in [0.4, 0.5) is 0 Å². The summed E-state index contributed by atoms with van der Waals surface area (Å²) < 4.78 is 5.92. The fourth-order valence-corrected chi connectivity index (χ4v) is 2.32. The number of fused-ring (bicyclic) bond motifs is 3. The second-order valence-electron chi connectivity index (χ2n) is 4.96. The van der Waals surface area contributed by atoms with Crippen LogP contribution in [0.1, 0.15) is 30.9 Å². The van der Waals surface area contributed by atoms with Crippen LogP contribution in [-0.4, -0.2) is 0 Å². The van der Waals surface area contributed by atoms with Gasteiger partial charge in [0.1, 0.15) is 11.2 Å². The molecule has 86 valence electrons. The second kappa shape index (κ2) is 3.63. The van der Waals surface area contributed by atoms with Crippen molar-refractivity contribution in [3.8, 4) is 0 Å². The number of furan rings is 1. The maximum Gasteiger partial charge on any atom is 0.138 e. The van der Waals surface area contributed by atoms with Crippen molar-refractivity contribution in [1.29, 1.82) is 0 Å². The van der Waals surface area contributed by atoms with Crippen LogP contribution < -0.4 is 0 Å². The van der Waals surface area contributed by atoms with E-state index in [0.29, 0.717) is 5.92 Å². The smallest absolute Gasteiger partial charge is 0.138 e. The molecule has 0 amide bonds. The lowest BCUT2D eigenvalue weighted by Crippen LogP contribution is -1.85. The van der Waals surface area contributed by atoms with Gasteiger partial charge in [-0.3, -0.25) is 0 Å². The standard InChI is InChI=1S/C16H16O/c1-10(2)12-7-8-15-14(9-12)13-6-4-5-11(3)16(13)17-15/h4-10H,1-3H3. The van der Waals surface area contributed by atoms with Gasteiger partial charge in [0.25, 0.3) is 0 Å². The normalized spacial score (nSPS) is 11.8. The highest BCUT2D eigenvalue weighted by atomic mass is 16.3. The van der Waals surface area contributed by atoms with Crippen molar-refractivity contribution in [2.45, 2.75) is 26.7 Å². The summed E-state index contributed by atoms with van der Waals surface area (Å²) in [5.74, 6) is 0.550. The van der Waals surface area contributed by atoms with Crippen molar-refractivity contribution in [1.82, 2.24) is 0 Å². The Morgan fingerprint density at radius 1 is 1.00 bits per heavy atom. The largest absolute Gasteiger partial charge is 0.456 e. The topological polar surface area (TPSA) is 13.1 Å². The van der Waals surface area contributed by atoms with Crippen LogP contribution in [0.3, 0.4) is 0 Å². The molecule has 0 radical (unpaired) electrons. The highest BCUT2D eigenvalue weighted by molar-refractivity contribution is 6.06. The van der Waals surface area contributed by atoms with Gasteiger partial charge >= 0.3 is 0 Å². The lowest BCUT2D eigenvalue weighted by molar-refractivity contribution is 0.665. The van der Waals surface area contributed by atoms with Gasteiger partial charge in [0, 0.05) is 10.8 Å². The van der Waals surface area contributed by atoms with Crippen LogP contribution in [0, 0.1) is 6.92 Å². The van der Waals surface area contributed by atoms with Gasteiger partial charge in [0.05, 0.1) is 0 Å². The molecule has 1 heteroatoms. The monoisotopic (exact) mass is 224 g/mol. The van der Waals surface area contributed by atoms with Crippen molar-refractivity contribution in [3.05, 3.63) is 47.5 Å². The van der Waals surface area contributed by atoms with E-state index in [2.05, 4.69) is 57.2 Å². The van der Waals surface area contributed by atoms with Gasteiger partial charge in [-0.2, -0.15) is 0 Å². The summed E-state index contributed by atoms with van der Waals surface area (Å²) in [5, 5.41) is 2.46. The van der Waals surface area contributed by atoms with Crippen molar-refractivity contribution < 1.29 is 4.42 Å². The average molecular weight is 224 g/mol. The molecule has 3 aromatic rings. The van der Waals surface area contributed by atoms with E-state index in [0.717, 1.165) is 11.2 Å². The predicted molar refractivity (Wildman–Crippen MR) is 72.5 cm³/mol. The summed E-state index contributed by atoms with van der Waals surface area (Å²) in [6, 6.07) is 12.8. The Balaban J connectivity index is 2.42. The van der Waals surface area contributed by atoms with Crippen LogP contribution in [0.25, 0.3) is 21.9 Å². The Labute approximate surface area is 101 Å². The Kier molecular flexibility index (Phi) is 2.22. The summed E-state index contributed by atoms with van der Waals surface area (Å²) in [4.78, 5) is 0. The van der Waals surface area contributed by atoms with E-state index in [1.807, 2.05) is 0 Å². The Morgan fingerprint density at radius 2 is 1.82 bits per heavy atom. The number of benzene rings is 2. The summed E-state index contributed by atoms with van der Waals surface area (Å²) in [6.45, 7) is 6.53. The van der Waals surface area contributed by atoms with E-state index in [1.165, 1.54) is 21.9 Å². The van der Waals surface area contributed by atoms with Gasteiger partial charge < -0.3 is 4.42 Å². The number of rotatable bonds is 1. The molecule has 0 atom stereocenters. The molecule has 1 heterocycles. The van der Waals surface area contributed by atoms with Crippen LogP contribution in [0.2, 0.25) is 0 Å². The molecule has 1 aromatic heterocycles. The van der Waals surface area contributed by atoms with Gasteiger partial charge in [0.2, 0.25) is 0 Å². The quantitative estimate of drug-likeness (QED) is 0.565. The van der Waals surface area contributed by atoms with Gasteiger partial charge in [-0.15, -0.1) is 0 Å². The van der Waals surface area contributed by atoms with E-state index >= 15 is 0 Å². The van der Waals surface area contributed by atoms with E-state index in [-0.39, 0.29) is 0 Å². The van der Waals surface area contributed by atoms with Crippen LogP contribution >= 0.6 is 0 Å². The lowest BCUT2D eigenvalue weighted by Gasteiger charge is -2.03. The molecule has 0 N–H and O–H groups in total. The fourth-order valence-electron chi connectivity index (χ4n) is 2.32. The number of hydrogen-bond donors (Lipinski definition) is 0. The first-order valence-electron chi connectivity index (χ1n) is 6.08. The second-order valence-corrected chi connectivity index (χ2v) is 4.96. The summed E-state index contributed by atoms with van der Waals surface area (Å²) in [6.07, 6.45) is 0. The molecular formula is C16H16O. The third-order valence-corrected chi connectivity index (χ3v) is 3.38. The molecule has 0 aliphatic heterocycles. The first kappa shape index (κ1) is 10.4. The maximum absolute atomic E-state index is 5.92. The molecule has 3 rings (SSSR count). The van der Waals surface area contributed by atoms with Gasteiger partial charge in [-0.1, -0.05) is 38.1 Å². The molecule has 2 aromatic carbocycles. The van der Waals surface area contributed by atoms with Gasteiger partial charge in [-0.05, 0) is 36.1 Å². The summed E-state index contributed by atoms with van der Waals surface area (Å²) in [5.41, 5.74) is 4.56. The summed E-state index contributed by atoms with van der Waals surface area (Å²) >= 11 is 0. The van der Waals surface area contributed by atoms with E-state index in [4.69, 9.17) is 4.42 Å². The molecule has 0 bridgehead atoms. The highest BCUT2D eigenvalue weighted by Crippen LogP contribution is 2.32. The van der Waals surface area contributed by atoms with Gasteiger partial charge in [-0.25, -0.2) is 0 Å². The zero-order chi connectivity index (χ0) is 12.0. The molecule has 0 saturated carbocycles. The maximum atomic E-state index is 5.92. The van der Waals surface area contributed by atoms with E-state index in [1.54, 1.807) is 0 Å². The predicted octanol–water partition coefficient (Wildman–Crippen LogP) is 5.02. The van der Waals surface area contributed by atoms with Gasteiger partial charge in [0.15, 0.2) is 0 Å². The Morgan fingerprint density at radius 3 is 2.59 bits per heavy atom. The molecule has 0 unspecified atom stereocenters. The van der Waals surface area contributed by atoms with Crippen LogP contribution in [-0.2, 0) is 0 Å². The Bertz CT molecular complexity index is 689. The summed E-state index contributed by atoms with van der Waals surface area (Å²) in [7, 11) is 0.